The van der Waals surface area contributed by atoms with E-state index in [1.54, 1.807) is 0 Å². The molecular weight excluding hydrogens is 450 g/mol. The smallest absolute Gasteiger partial charge is 0.341 e. The number of nitrogens with one attached hydrogen (secondary N) is 2. The van der Waals surface area contributed by atoms with E-state index in [-0.39, 0.29) is 5.56 Å². The van der Waals surface area contributed by atoms with Gasteiger partial charge in [-0.05, 0) is 56.5 Å². The van der Waals surface area contributed by atoms with Crippen molar-refractivity contribution in [1.82, 2.24) is 9.97 Å². The molecule has 6 nitrogen and oxygen atoms in total. The number of hydrogen-bond acceptors (Lipinski definition) is 3. The summed E-state index contributed by atoms with van der Waals surface area (Å²) in [5.41, 5.74) is 5.03. The maximum absolute atomic E-state index is 12.2. The molecule has 0 bridgehead atoms. The number of nitrogens with zero attached hydrogens (tertiary/aromatic N) is 1. The van der Waals surface area contributed by atoms with Crippen LogP contribution in [0.15, 0.2) is 35.0 Å². The van der Waals surface area contributed by atoms with Gasteiger partial charge >= 0.3 is 5.97 Å². The number of hydrogen-bond donors (Lipinski definition) is 3. The number of aryl methyl sites for hydroxylation is 1. The van der Waals surface area contributed by atoms with Gasteiger partial charge in [-0.2, -0.15) is 0 Å². The zero-order chi connectivity index (χ0) is 25.8. The van der Waals surface area contributed by atoms with E-state index >= 15 is 0 Å². The van der Waals surface area contributed by atoms with Crippen molar-refractivity contribution in [3.8, 4) is 17.1 Å². The van der Waals surface area contributed by atoms with Gasteiger partial charge in [-0.3, -0.25) is 4.99 Å². The lowest BCUT2D eigenvalue weighted by atomic mass is 10.1. The minimum atomic E-state index is -1.02. The molecular formula is C30H43N3O3. The van der Waals surface area contributed by atoms with E-state index in [9.17, 15) is 9.90 Å². The zero-order valence-corrected chi connectivity index (χ0v) is 22.3. The van der Waals surface area contributed by atoms with Crippen LogP contribution in [0.5, 0.6) is 5.75 Å². The van der Waals surface area contributed by atoms with Crippen molar-refractivity contribution in [2.75, 3.05) is 6.61 Å². The summed E-state index contributed by atoms with van der Waals surface area (Å²) >= 11 is 0. The van der Waals surface area contributed by atoms with Crippen molar-refractivity contribution in [3.63, 3.8) is 0 Å². The number of carbonyl (C=O) groups is 1. The van der Waals surface area contributed by atoms with Crippen LogP contribution in [0, 0.1) is 0 Å². The van der Waals surface area contributed by atoms with Gasteiger partial charge in [0.25, 0.3) is 0 Å². The normalized spacial score (nSPS) is 14.1. The number of aromatic carboxylic acids is 1. The summed E-state index contributed by atoms with van der Waals surface area (Å²) in [6.07, 6.45) is 20.6. The van der Waals surface area contributed by atoms with Crippen molar-refractivity contribution in [2.45, 2.75) is 97.8 Å². The Morgan fingerprint density at radius 2 is 1.64 bits per heavy atom. The second-order valence-electron chi connectivity index (χ2n) is 9.59. The zero-order valence-electron chi connectivity index (χ0n) is 22.3. The number of aromatic amines is 2. The van der Waals surface area contributed by atoms with Crippen LogP contribution in [0.25, 0.3) is 17.5 Å². The summed E-state index contributed by atoms with van der Waals surface area (Å²) < 4.78 is 5.81. The highest BCUT2D eigenvalue weighted by Gasteiger charge is 2.25. The van der Waals surface area contributed by atoms with Gasteiger partial charge in [0.2, 0.25) is 0 Å². The molecule has 1 aliphatic heterocycles. The average molecular weight is 494 g/mol. The molecule has 0 unspecified atom stereocenters. The molecule has 36 heavy (non-hydrogen) atoms. The number of aliphatic imine (C=N–C) groups is 1. The molecule has 6 heteroatoms. The Morgan fingerprint density at radius 1 is 0.917 bits per heavy atom. The highest BCUT2D eigenvalue weighted by atomic mass is 16.5. The number of allylic oxidation sites excluding steroid dienone is 2. The Balaban J connectivity index is 1.67. The predicted molar refractivity (Wildman–Crippen MR) is 149 cm³/mol. The summed E-state index contributed by atoms with van der Waals surface area (Å²) in [6.45, 7) is 6.62. The molecule has 3 N–H and O–H groups in total. The van der Waals surface area contributed by atoms with Crippen LogP contribution in [-0.4, -0.2) is 33.4 Å². The fraction of sp³-hybridized carbons (Fsp3) is 0.533. The van der Waals surface area contributed by atoms with Crippen LogP contribution in [0.3, 0.4) is 0 Å². The lowest BCUT2D eigenvalue weighted by Gasteiger charge is -2.04. The SMILES string of the molecule is CCCCCCCCCCCC1=NC(=Cc2[nH]c(-c3ccc(CCC)[nH]3)c(C(=O)O)c2OCC)C=C1. The summed E-state index contributed by atoms with van der Waals surface area (Å²) in [5, 5.41) is 10.00. The van der Waals surface area contributed by atoms with Crippen LogP contribution >= 0.6 is 0 Å². The second-order valence-corrected chi connectivity index (χ2v) is 9.59. The number of carboxylic acid groups (broad SMARTS) is 1. The van der Waals surface area contributed by atoms with Gasteiger partial charge < -0.3 is 19.8 Å². The molecule has 0 fully saturated rings. The van der Waals surface area contributed by atoms with Crippen LogP contribution in [0.2, 0.25) is 0 Å². The largest absolute Gasteiger partial charge is 0.491 e. The van der Waals surface area contributed by atoms with Gasteiger partial charge in [0.15, 0.2) is 5.75 Å². The highest BCUT2D eigenvalue weighted by Crippen LogP contribution is 2.36. The molecule has 2 aromatic heterocycles. The molecule has 0 amide bonds. The van der Waals surface area contributed by atoms with E-state index in [0.29, 0.717) is 23.7 Å². The quantitative estimate of drug-likeness (QED) is 0.193. The maximum Gasteiger partial charge on any atom is 0.341 e. The second kappa shape index (κ2) is 14.5. The van der Waals surface area contributed by atoms with E-state index in [0.717, 1.165) is 48.5 Å². The number of ether oxygens (including phenoxy) is 1. The Hall–Kier alpha value is -3.02. The lowest BCUT2D eigenvalue weighted by Crippen LogP contribution is -2.02. The number of aromatic nitrogens is 2. The van der Waals surface area contributed by atoms with Crippen molar-refractivity contribution >= 4 is 17.8 Å². The molecule has 0 radical (unpaired) electrons. The Labute approximate surface area is 216 Å². The van der Waals surface area contributed by atoms with Gasteiger partial charge in [-0.15, -0.1) is 0 Å². The summed E-state index contributed by atoms with van der Waals surface area (Å²) in [5.74, 6) is -0.660. The van der Waals surface area contributed by atoms with Gasteiger partial charge in [-0.25, -0.2) is 4.79 Å². The molecule has 1 aliphatic rings. The first-order valence-electron chi connectivity index (χ1n) is 13.8. The molecule has 196 valence electrons. The standard InChI is InChI=1S/C30H43N3O3/c1-4-7-8-9-10-11-12-13-14-16-23-17-18-24(31-23)21-26-29(36-6-3)27(30(34)35)28(33-26)25-20-19-22(32-25)15-5-2/h17-21,32-33H,4-16H2,1-3H3,(H,34,35). The van der Waals surface area contributed by atoms with E-state index in [4.69, 9.17) is 9.73 Å². The number of carboxylic acids is 1. The Kier molecular flexibility index (Phi) is 11.1. The van der Waals surface area contributed by atoms with E-state index in [2.05, 4.69) is 29.9 Å². The van der Waals surface area contributed by atoms with Crippen LogP contribution in [-0.2, 0) is 6.42 Å². The maximum atomic E-state index is 12.2. The molecule has 0 atom stereocenters. The monoisotopic (exact) mass is 493 g/mol. The highest BCUT2D eigenvalue weighted by molar-refractivity contribution is 6.01. The first kappa shape index (κ1) is 27.6. The topological polar surface area (TPSA) is 90.5 Å². The number of rotatable bonds is 17. The molecule has 0 aliphatic carbocycles. The van der Waals surface area contributed by atoms with Crippen molar-refractivity contribution in [1.29, 1.82) is 0 Å². The Bertz CT molecular complexity index is 1070. The van der Waals surface area contributed by atoms with E-state index in [1.807, 2.05) is 31.2 Å². The van der Waals surface area contributed by atoms with Crippen LogP contribution in [0.1, 0.15) is 113 Å². The molecule has 3 rings (SSSR count). The van der Waals surface area contributed by atoms with Crippen molar-refractivity contribution < 1.29 is 14.6 Å². The summed E-state index contributed by atoms with van der Waals surface area (Å²) in [7, 11) is 0. The fourth-order valence-corrected chi connectivity index (χ4v) is 4.71. The third-order valence-corrected chi connectivity index (χ3v) is 6.57. The van der Waals surface area contributed by atoms with Crippen molar-refractivity contribution in [2.24, 2.45) is 4.99 Å². The first-order valence-corrected chi connectivity index (χ1v) is 13.8. The number of H-pyrrole nitrogens is 2. The first-order chi connectivity index (χ1) is 17.6. The van der Waals surface area contributed by atoms with Gasteiger partial charge in [0.05, 0.1) is 29.4 Å². The molecule has 3 heterocycles. The summed E-state index contributed by atoms with van der Waals surface area (Å²) in [6, 6.07) is 3.93. The van der Waals surface area contributed by atoms with Gasteiger partial charge in [-0.1, -0.05) is 71.6 Å². The van der Waals surface area contributed by atoms with Crippen molar-refractivity contribution in [3.05, 3.63) is 46.9 Å². The average Bonchev–Trinajstić information content (AvgIpc) is 3.58. The fourth-order valence-electron chi connectivity index (χ4n) is 4.71. The molecule has 2 aromatic rings. The van der Waals surface area contributed by atoms with Gasteiger partial charge in [0.1, 0.15) is 5.56 Å². The minimum absolute atomic E-state index is 0.148. The third-order valence-electron chi connectivity index (χ3n) is 6.57. The van der Waals surface area contributed by atoms with Crippen LogP contribution < -0.4 is 4.74 Å². The third kappa shape index (κ3) is 7.74. The molecule has 0 aromatic carbocycles. The number of unbranched alkanes of at least 4 members (excludes halogenated alkanes) is 8. The minimum Gasteiger partial charge on any atom is -0.491 e. The predicted octanol–water partition coefficient (Wildman–Crippen LogP) is 8.33. The van der Waals surface area contributed by atoms with E-state index in [1.165, 1.54) is 51.4 Å². The Morgan fingerprint density at radius 3 is 2.31 bits per heavy atom. The lowest BCUT2D eigenvalue weighted by molar-refractivity contribution is 0.0694. The van der Waals surface area contributed by atoms with E-state index < -0.39 is 5.97 Å². The van der Waals surface area contributed by atoms with Crippen LogP contribution in [0.4, 0.5) is 0 Å². The molecule has 0 saturated heterocycles. The van der Waals surface area contributed by atoms with Gasteiger partial charge in [0, 0.05) is 11.4 Å². The summed E-state index contributed by atoms with van der Waals surface area (Å²) in [4.78, 5) is 23.6. The molecule has 0 saturated carbocycles. The molecule has 0 spiro atoms.